The molecule has 2 aromatic carbocycles. The largest absolute Gasteiger partial charge is 0.606 e. The molecule has 1 heterocycles. The maximum atomic E-state index is 12.8. The van der Waals surface area contributed by atoms with Gasteiger partial charge in [-0.25, -0.2) is 0 Å². The van der Waals surface area contributed by atoms with Gasteiger partial charge in [0.1, 0.15) is 0 Å². The Balaban J connectivity index is 2.09. The first-order valence-corrected chi connectivity index (χ1v) is 8.25. The highest BCUT2D eigenvalue weighted by atomic mass is 32.2. The van der Waals surface area contributed by atoms with Gasteiger partial charge >= 0.3 is 0 Å². The molecule has 1 atom stereocenters. The van der Waals surface area contributed by atoms with E-state index in [1.54, 1.807) is 26.0 Å². The Kier molecular flexibility index (Phi) is 3.50. The Morgan fingerprint density at radius 1 is 1.09 bits per heavy atom. The molecule has 0 radical (unpaired) electrons. The zero-order chi connectivity index (χ0) is 16.1. The fraction of sp³-hybridized carbons (Fsp3) is 0.294. The first-order valence-electron chi connectivity index (χ1n) is 7.10. The highest BCUT2D eigenvalue weighted by Gasteiger charge is 2.36. The first-order chi connectivity index (χ1) is 10.3. The molecule has 114 valence electrons. The lowest BCUT2D eigenvalue weighted by Crippen LogP contribution is -2.28. The summed E-state index contributed by atoms with van der Waals surface area (Å²) in [6.45, 7) is 5.15. The second kappa shape index (κ2) is 5.11. The lowest BCUT2D eigenvalue weighted by atomic mass is 9.93. The number of hydrogen-bond donors (Lipinski definition) is 0. The van der Waals surface area contributed by atoms with Gasteiger partial charge in [0.2, 0.25) is 5.54 Å². The summed E-state index contributed by atoms with van der Waals surface area (Å²) in [6, 6.07) is 11.3. The van der Waals surface area contributed by atoms with Crippen LogP contribution in [0.1, 0.15) is 36.1 Å². The van der Waals surface area contributed by atoms with Crippen LogP contribution in [0.2, 0.25) is 0 Å². The van der Waals surface area contributed by atoms with E-state index < -0.39 is 16.7 Å². The predicted octanol–water partition coefficient (Wildman–Crippen LogP) is 3.58. The third kappa shape index (κ3) is 2.30. The van der Waals surface area contributed by atoms with Gasteiger partial charge in [0.05, 0.1) is 0 Å². The minimum atomic E-state index is -1.28. The van der Waals surface area contributed by atoms with Crippen molar-refractivity contribution >= 4 is 11.2 Å². The van der Waals surface area contributed by atoms with Crippen molar-refractivity contribution in [1.82, 2.24) is 0 Å². The number of hydrogen-bond acceptors (Lipinski definition) is 3. The van der Waals surface area contributed by atoms with Crippen molar-refractivity contribution in [2.24, 2.45) is 0 Å². The van der Waals surface area contributed by atoms with Crippen molar-refractivity contribution in [3.05, 3.63) is 68.8 Å². The molecule has 0 spiro atoms. The van der Waals surface area contributed by atoms with Gasteiger partial charge in [-0.05, 0) is 13.0 Å². The standard InChI is InChI=1S/C17H17NO3S/c1-11-4-7-15-13(8-11)9-12-5-6-14(10-16(12)22(15)21)17(2,3)18(19)20/h4-8,10H,9H2,1-3H3. The van der Waals surface area contributed by atoms with E-state index in [1.807, 2.05) is 25.1 Å². The summed E-state index contributed by atoms with van der Waals surface area (Å²) in [5.74, 6) is 0. The molecule has 1 aliphatic heterocycles. The average molecular weight is 315 g/mol. The molecule has 22 heavy (non-hydrogen) atoms. The van der Waals surface area contributed by atoms with Crippen LogP contribution in [0, 0.1) is 17.0 Å². The fourth-order valence-corrected chi connectivity index (χ4v) is 4.12. The normalized spacial score (nSPS) is 16.8. The summed E-state index contributed by atoms with van der Waals surface area (Å²) in [5, 5.41) is 11.2. The number of aryl methyl sites for hydroxylation is 1. The van der Waals surface area contributed by atoms with E-state index in [0.717, 1.165) is 28.0 Å². The minimum Gasteiger partial charge on any atom is -0.606 e. The fourth-order valence-electron chi connectivity index (χ4n) is 2.71. The van der Waals surface area contributed by atoms with Gasteiger partial charge in [0.25, 0.3) is 0 Å². The van der Waals surface area contributed by atoms with Gasteiger partial charge in [-0.1, -0.05) is 29.8 Å². The maximum absolute atomic E-state index is 12.8. The van der Waals surface area contributed by atoms with Gasteiger partial charge in [-0.15, -0.1) is 0 Å². The molecule has 0 amide bonds. The van der Waals surface area contributed by atoms with E-state index in [2.05, 4.69) is 6.07 Å². The van der Waals surface area contributed by atoms with Crippen LogP contribution in [0.15, 0.2) is 46.2 Å². The van der Waals surface area contributed by atoms with Gasteiger partial charge in [0, 0.05) is 59.1 Å². The summed E-state index contributed by atoms with van der Waals surface area (Å²) in [4.78, 5) is 12.4. The van der Waals surface area contributed by atoms with E-state index >= 15 is 0 Å². The van der Waals surface area contributed by atoms with E-state index in [-0.39, 0.29) is 4.92 Å². The van der Waals surface area contributed by atoms with Crippen LogP contribution in [0.3, 0.4) is 0 Å². The molecule has 5 heteroatoms. The Morgan fingerprint density at radius 3 is 2.50 bits per heavy atom. The quantitative estimate of drug-likeness (QED) is 0.483. The molecule has 1 aliphatic rings. The molecule has 0 saturated heterocycles. The maximum Gasteiger partial charge on any atom is 0.241 e. The molecule has 3 rings (SSSR count). The van der Waals surface area contributed by atoms with Crippen LogP contribution in [0.25, 0.3) is 0 Å². The van der Waals surface area contributed by atoms with Crippen molar-refractivity contribution in [3.8, 4) is 0 Å². The molecule has 2 aromatic rings. The first kappa shape index (κ1) is 15.1. The average Bonchev–Trinajstić information content (AvgIpc) is 2.46. The minimum absolute atomic E-state index is 0.308. The van der Waals surface area contributed by atoms with E-state index in [1.165, 1.54) is 0 Å². The molecule has 0 N–H and O–H groups in total. The number of benzene rings is 2. The van der Waals surface area contributed by atoms with Crippen LogP contribution >= 0.6 is 0 Å². The number of rotatable bonds is 2. The zero-order valence-corrected chi connectivity index (χ0v) is 13.6. The molecule has 0 saturated carbocycles. The lowest BCUT2D eigenvalue weighted by Gasteiger charge is -2.24. The number of nitro groups is 1. The molecular weight excluding hydrogens is 298 g/mol. The van der Waals surface area contributed by atoms with Crippen molar-refractivity contribution in [1.29, 1.82) is 0 Å². The smallest absolute Gasteiger partial charge is 0.241 e. The molecule has 0 aliphatic carbocycles. The Hall–Kier alpha value is -1.85. The second-order valence-corrected chi connectivity index (χ2v) is 7.61. The molecule has 4 nitrogen and oxygen atoms in total. The second-order valence-electron chi connectivity index (χ2n) is 6.20. The Bertz CT molecular complexity index is 770. The molecule has 1 unspecified atom stereocenters. The van der Waals surface area contributed by atoms with Gasteiger partial charge in [0.15, 0.2) is 9.79 Å². The van der Waals surface area contributed by atoms with Crippen molar-refractivity contribution in [2.45, 2.75) is 42.5 Å². The lowest BCUT2D eigenvalue weighted by molar-refractivity contribution is -0.569. The van der Waals surface area contributed by atoms with Crippen LogP contribution in [-0.2, 0) is 23.1 Å². The van der Waals surface area contributed by atoms with E-state index in [0.29, 0.717) is 10.5 Å². The zero-order valence-electron chi connectivity index (χ0n) is 12.8. The number of nitrogens with zero attached hydrogens (tertiary/aromatic N) is 1. The third-order valence-electron chi connectivity index (χ3n) is 4.23. The topological polar surface area (TPSA) is 66.2 Å². The Labute approximate surface area is 132 Å². The molecule has 0 fully saturated rings. The number of fused-ring (bicyclic) bond motifs is 2. The molecule has 0 aromatic heterocycles. The van der Waals surface area contributed by atoms with Gasteiger partial charge < -0.3 is 4.55 Å². The summed E-state index contributed by atoms with van der Waals surface area (Å²) >= 11 is -1.28. The summed E-state index contributed by atoms with van der Waals surface area (Å²) < 4.78 is 12.8. The van der Waals surface area contributed by atoms with Crippen LogP contribution in [0.4, 0.5) is 0 Å². The highest BCUT2D eigenvalue weighted by Crippen LogP contribution is 2.37. The summed E-state index contributed by atoms with van der Waals surface area (Å²) in [5.41, 5.74) is 2.60. The van der Waals surface area contributed by atoms with Crippen molar-refractivity contribution < 1.29 is 9.48 Å². The molecule has 0 bridgehead atoms. The summed E-state index contributed by atoms with van der Waals surface area (Å²) in [7, 11) is 0. The van der Waals surface area contributed by atoms with E-state index in [4.69, 9.17) is 0 Å². The van der Waals surface area contributed by atoms with Crippen LogP contribution in [0.5, 0.6) is 0 Å². The van der Waals surface area contributed by atoms with Crippen LogP contribution < -0.4 is 0 Å². The van der Waals surface area contributed by atoms with Gasteiger partial charge in [-0.2, -0.15) is 0 Å². The third-order valence-corrected chi connectivity index (χ3v) is 5.80. The SMILES string of the molecule is Cc1ccc2c(c1)Cc1ccc(C(C)(C)[N+](=O)[O-])cc1[S+]2[O-]. The highest BCUT2D eigenvalue weighted by molar-refractivity contribution is 7.91. The van der Waals surface area contributed by atoms with Gasteiger partial charge in [-0.3, -0.25) is 10.1 Å². The predicted molar refractivity (Wildman–Crippen MR) is 85.1 cm³/mol. The monoisotopic (exact) mass is 315 g/mol. The van der Waals surface area contributed by atoms with Crippen molar-refractivity contribution in [3.63, 3.8) is 0 Å². The Morgan fingerprint density at radius 2 is 1.82 bits per heavy atom. The summed E-state index contributed by atoms with van der Waals surface area (Å²) in [6.07, 6.45) is 0.720. The van der Waals surface area contributed by atoms with Crippen molar-refractivity contribution in [2.75, 3.05) is 0 Å². The van der Waals surface area contributed by atoms with E-state index in [9.17, 15) is 14.7 Å². The van der Waals surface area contributed by atoms with Crippen LogP contribution in [-0.4, -0.2) is 9.48 Å². The molecular formula is C17H17NO3S.